The summed E-state index contributed by atoms with van der Waals surface area (Å²) in [5, 5.41) is 17.3. The monoisotopic (exact) mass is 396 g/mol. The summed E-state index contributed by atoms with van der Waals surface area (Å²) in [7, 11) is 0. The minimum Gasteiger partial charge on any atom is -0.393 e. The van der Waals surface area contributed by atoms with Gasteiger partial charge in [-0.2, -0.15) is 5.10 Å². The first-order chi connectivity index (χ1) is 13.9. The number of rotatable bonds is 4. The van der Waals surface area contributed by atoms with Crippen molar-refractivity contribution in [3.05, 3.63) is 29.6 Å². The van der Waals surface area contributed by atoms with Gasteiger partial charge in [0.25, 0.3) is 0 Å². The molecule has 3 fully saturated rings. The molecule has 0 saturated heterocycles. The van der Waals surface area contributed by atoms with Crippen LogP contribution < -0.4 is 0 Å². The molecule has 3 saturated carbocycles. The van der Waals surface area contributed by atoms with E-state index in [9.17, 15) is 5.11 Å². The predicted molar refractivity (Wildman–Crippen MR) is 117 cm³/mol. The van der Waals surface area contributed by atoms with Crippen molar-refractivity contribution in [2.24, 2.45) is 40.4 Å². The van der Waals surface area contributed by atoms with Crippen molar-refractivity contribution < 1.29 is 5.11 Å². The van der Waals surface area contributed by atoms with Gasteiger partial charge in [0.1, 0.15) is 0 Å². The van der Waals surface area contributed by atoms with Crippen LogP contribution in [0.3, 0.4) is 0 Å². The lowest BCUT2D eigenvalue weighted by atomic mass is 9.47. The van der Waals surface area contributed by atoms with Gasteiger partial charge in [0.2, 0.25) is 0 Å². The summed E-state index contributed by atoms with van der Waals surface area (Å²) in [6.07, 6.45) is 19.1. The number of nitrogens with zero attached hydrogens (tertiary/aromatic N) is 1. The Hall–Kier alpha value is -1.09. The quantitative estimate of drug-likeness (QED) is 0.621. The maximum atomic E-state index is 10.2. The Bertz CT molecular complexity index is 755. The minimum absolute atomic E-state index is 0.0910. The van der Waals surface area contributed by atoms with Crippen molar-refractivity contribution in [2.75, 3.05) is 0 Å². The highest BCUT2D eigenvalue weighted by molar-refractivity contribution is 5.25. The second-order valence-corrected chi connectivity index (χ2v) is 11.5. The second-order valence-electron chi connectivity index (χ2n) is 11.5. The molecule has 0 radical (unpaired) electrons. The molecule has 1 aromatic heterocycles. The van der Waals surface area contributed by atoms with Crippen molar-refractivity contribution in [3.63, 3.8) is 0 Å². The van der Waals surface area contributed by atoms with Crippen molar-refractivity contribution >= 4 is 0 Å². The first-order valence-electron chi connectivity index (χ1n) is 12.3. The molecule has 1 aromatic rings. The number of aliphatic hydroxyl groups is 1. The highest BCUT2D eigenvalue weighted by Gasteiger charge is 2.59. The third-order valence-corrected chi connectivity index (χ3v) is 10.3. The van der Waals surface area contributed by atoms with Crippen LogP contribution in [0, 0.1) is 40.4 Å². The summed E-state index contributed by atoms with van der Waals surface area (Å²) in [5.74, 6) is 4.32. The molecule has 29 heavy (non-hydrogen) atoms. The fourth-order valence-electron chi connectivity index (χ4n) is 8.63. The van der Waals surface area contributed by atoms with Crippen LogP contribution in [0.4, 0.5) is 0 Å². The third-order valence-electron chi connectivity index (χ3n) is 10.3. The minimum atomic E-state index is -0.0910. The average molecular weight is 397 g/mol. The summed E-state index contributed by atoms with van der Waals surface area (Å²) >= 11 is 0. The molecule has 3 heteroatoms. The van der Waals surface area contributed by atoms with Crippen molar-refractivity contribution in [3.8, 4) is 0 Å². The van der Waals surface area contributed by atoms with Gasteiger partial charge in [-0.1, -0.05) is 32.4 Å². The number of aromatic nitrogens is 2. The number of aryl methyl sites for hydroxylation is 1. The lowest BCUT2D eigenvalue weighted by Gasteiger charge is -2.58. The van der Waals surface area contributed by atoms with E-state index in [4.69, 9.17) is 0 Å². The first-order valence-corrected chi connectivity index (χ1v) is 12.3. The lowest BCUT2D eigenvalue weighted by Crippen LogP contribution is -2.50. The normalized spacial score (nSPS) is 45.1. The Morgan fingerprint density at radius 1 is 1.17 bits per heavy atom. The number of aromatic amines is 1. The van der Waals surface area contributed by atoms with Gasteiger partial charge in [-0.3, -0.25) is 5.10 Å². The topological polar surface area (TPSA) is 48.9 Å². The van der Waals surface area contributed by atoms with Crippen LogP contribution in [-0.2, 0) is 6.42 Å². The standard InChI is InChI=1S/C26H40N2O/c1-17(4-5-18-15-27-28-16-18)22-8-9-23-21-7-6-19-14-20(29)10-12-25(19,2)24(21)11-13-26(22,23)3/h6,15-17,20-24,29H,4-5,7-14H2,1-3H3,(H,27,28). The van der Waals surface area contributed by atoms with Crippen molar-refractivity contribution in [1.82, 2.24) is 10.2 Å². The zero-order valence-electron chi connectivity index (χ0n) is 18.7. The zero-order valence-corrected chi connectivity index (χ0v) is 18.7. The fraction of sp³-hybridized carbons (Fsp3) is 0.808. The molecule has 4 aliphatic carbocycles. The maximum Gasteiger partial charge on any atom is 0.0577 e. The van der Waals surface area contributed by atoms with E-state index >= 15 is 0 Å². The van der Waals surface area contributed by atoms with Gasteiger partial charge in [-0.25, -0.2) is 0 Å². The summed E-state index contributed by atoms with van der Waals surface area (Å²) in [6, 6.07) is 0. The Kier molecular flexibility index (Phi) is 4.96. The number of aliphatic hydroxyl groups excluding tert-OH is 1. The van der Waals surface area contributed by atoms with Gasteiger partial charge in [0.15, 0.2) is 0 Å². The SMILES string of the molecule is CC(CCc1cn[nH]c1)C1CCC2C3CC=C4CC(O)CCC4(C)C3CCC12C. The van der Waals surface area contributed by atoms with Crippen LogP contribution in [0.5, 0.6) is 0 Å². The Morgan fingerprint density at radius 3 is 2.83 bits per heavy atom. The zero-order chi connectivity index (χ0) is 20.2. The number of H-pyrrole nitrogens is 1. The summed E-state index contributed by atoms with van der Waals surface area (Å²) in [4.78, 5) is 0. The smallest absolute Gasteiger partial charge is 0.0577 e. The predicted octanol–water partition coefficient (Wildman–Crippen LogP) is 5.92. The van der Waals surface area contributed by atoms with Crippen LogP contribution in [0.2, 0.25) is 0 Å². The molecule has 5 rings (SSSR count). The molecule has 8 unspecified atom stereocenters. The van der Waals surface area contributed by atoms with E-state index in [0.717, 1.165) is 48.9 Å². The number of hydrogen-bond donors (Lipinski definition) is 2. The van der Waals surface area contributed by atoms with Crippen LogP contribution >= 0.6 is 0 Å². The van der Waals surface area contributed by atoms with Gasteiger partial charge in [0.05, 0.1) is 12.3 Å². The molecule has 0 amide bonds. The van der Waals surface area contributed by atoms with Crippen LogP contribution in [-0.4, -0.2) is 21.4 Å². The van der Waals surface area contributed by atoms with Gasteiger partial charge < -0.3 is 5.11 Å². The van der Waals surface area contributed by atoms with Gasteiger partial charge in [-0.05, 0) is 110 Å². The Labute approximate surface area is 176 Å². The van der Waals surface area contributed by atoms with Gasteiger partial charge in [-0.15, -0.1) is 0 Å². The van der Waals surface area contributed by atoms with E-state index in [1.807, 2.05) is 6.20 Å². The third kappa shape index (κ3) is 3.14. The molecule has 1 heterocycles. The molecule has 0 aromatic carbocycles. The molecule has 160 valence electrons. The van der Waals surface area contributed by atoms with E-state index in [1.54, 1.807) is 5.57 Å². The molecular formula is C26H40N2O. The average Bonchev–Trinajstić information content (AvgIpc) is 3.34. The van der Waals surface area contributed by atoms with Gasteiger partial charge >= 0.3 is 0 Å². The Balaban J connectivity index is 1.33. The number of fused-ring (bicyclic) bond motifs is 5. The van der Waals surface area contributed by atoms with Crippen molar-refractivity contribution in [2.45, 2.75) is 91.1 Å². The highest BCUT2D eigenvalue weighted by Crippen LogP contribution is 2.67. The van der Waals surface area contributed by atoms with Crippen LogP contribution in [0.1, 0.15) is 84.1 Å². The van der Waals surface area contributed by atoms with E-state index in [-0.39, 0.29) is 6.10 Å². The molecular weight excluding hydrogens is 356 g/mol. The van der Waals surface area contributed by atoms with E-state index in [2.05, 4.69) is 43.2 Å². The number of nitrogens with one attached hydrogen (secondary N) is 1. The van der Waals surface area contributed by atoms with E-state index < -0.39 is 0 Å². The summed E-state index contributed by atoms with van der Waals surface area (Å²) in [6.45, 7) is 7.73. The highest BCUT2D eigenvalue weighted by atomic mass is 16.3. The first kappa shape index (κ1) is 19.8. The largest absolute Gasteiger partial charge is 0.393 e. The molecule has 0 aliphatic heterocycles. The number of hydrogen-bond acceptors (Lipinski definition) is 2. The molecule has 3 nitrogen and oxygen atoms in total. The lowest BCUT2D eigenvalue weighted by molar-refractivity contribution is -0.0571. The number of allylic oxidation sites excluding steroid dienone is 1. The molecule has 0 spiro atoms. The van der Waals surface area contributed by atoms with E-state index in [0.29, 0.717) is 10.8 Å². The molecule has 2 N–H and O–H groups in total. The fourth-order valence-corrected chi connectivity index (χ4v) is 8.63. The Morgan fingerprint density at radius 2 is 2.03 bits per heavy atom. The maximum absolute atomic E-state index is 10.2. The molecule has 0 bridgehead atoms. The second kappa shape index (κ2) is 7.25. The van der Waals surface area contributed by atoms with Crippen molar-refractivity contribution in [1.29, 1.82) is 0 Å². The van der Waals surface area contributed by atoms with Gasteiger partial charge in [0, 0.05) is 6.20 Å². The summed E-state index contributed by atoms with van der Waals surface area (Å²) in [5.41, 5.74) is 3.86. The van der Waals surface area contributed by atoms with Crippen LogP contribution in [0.15, 0.2) is 24.0 Å². The summed E-state index contributed by atoms with van der Waals surface area (Å²) < 4.78 is 0. The molecule has 4 aliphatic rings. The molecule has 8 atom stereocenters. The van der Waals surface area contributed by atoms with Crippen LogP contribution in [0.25, 0.3) is 0 Å². The van der Waals surface area contributed by atoms with E-state index in [1.165, 1.54) is 50.5 Å².